The lowest BCUT2D eigenvalue weighted by Gasteiger charge is -2.06. The fraction of sp³-hybridized carbons (Fsp3) is 0.389. The van der Waals surface area contributed by atoms with Crippen LogP contribution in [0.3, 0.4) is 0 Å². The number of aryl methyl sites for hydroxylation is 1. The summed E-state index contributed by atoms with van der Waals surface area (Å²) in [6.07, 6.45) is 7.42. The zero-order chi connectivity index (χ0) is 15.4. The van der Waals surface area contributed by atoms with Crippen LogP contribution in [-0.2, 0) is 0 Å². The standard InChI is InChI=1S/C14H15NO.2C2H6/c1-11-6-2-3-7-12(11)10-15-13-8-4-5-9-14(13)16;2*1-2/h2-3,6-10,16H,4-5H2,1H3;2*1-2H3. The van der Waals surface area contributed by atoms with E-state index in [1.165, 1.54) is 5.56 Å². The van der Waals surface area contributed by atoms with Crippen molar-refractivity contribution in [2.45, 2.75) is 47.5 Å². The van der Waals surface area contributed by atoms with Crippen LogP contribution in [0, 0.1) is 6.92 Å². The molecule has 2 heteroatoms. The molecule has 1 N–H and O–H groups in total. The van der Waals surface area contributed by atoms with Crippen LogP contribution in [-0.4, -0.2) is 11.3 Å². The van der Waals surface area contributed by atoms with Crippen LogP contribution in [0.1, 0.15) is 51.7 Å². The Hall–Kier alpha value is -1.83. The third-order valence-corrected chi connectivity index (χ3v) is 2.64. The Kier molecular flexibility index (Phi) is 10.0. The Morgan fingerprint density at radius 1 is 1.00 bits per heavy atom. The van der Waals surface area contributed by atoms with Crippen LogP contribution in [0.25, 0.3) is 0 Å². The van der Waals surface area contributed by atoms with Crippen LogP contribution < -0.4 is 0 Å². The van der Waals surface area contributed by atoms with Crippen molar-refractivity contribution in [2.75, 3.05) is 0 Å². The van der Waals surface area contributed by atoms with Crippen LogP contribution in [0.2, 0.25) is 0 Å². The highest BCUT2D eigenvalue weighted by molar-refractivity contribution is 5.82. The zero-order valence-corrected chi connectivity index (χ0v) is 13.4. The molecule has 0 bridgehead atoms. The first kappa shape index (κ1) is 18.2. The fourth-order valence-electron chi connectivity index (χ4n) is 1.64. The second-order valence-electron chi connectivity index (χ2n) is 3.87. The van der Waals surface area contributed by atoms with Crippen LogP contribution in [0.4, 0.5) is 0 Å². The predicted molar refractivity (Wildman–Crippen MR) is 89.5 cm³/mol. The number of benzene rings is 1. The molecule has 0 amide bonds. The van der Waals surface area contributed by atoms with E-state index in [4.69, 9.17) is 0 Å². The van der Waals surface area contributed by atoms with Gasteiger partial charge in [0, 0.05) is 6.21 Å². The summed E-state index contributed by atoms with van der Waals surface area (Å²) in [5.74, 6) is 0.288. The summed E-state index contributed by atoms with van der Waals surface area (Å²) in [5.41, 5.74) is 2.95. The van der Waals surface area contributed by atoms with Gasteiger partial charge in [-0.2, -0.15) is 0 Å². The van der Waals surface area contributed by atoms with Crippen molar-refractivity contribution in [2.24, 2.45) is 4.99 Å². The minimum atomic E-state index is 0.288. The molecule has 1 aromatic rings. The molecule has 0 aliphatic heterocycles. The van der Waals surface area contributed by atoms with Crippen molar-refractivity contribution in [1.29, 1.82) is 0 Å². The van der Waals surface area contributed by atoms with Gasteiger partial charge in [0.2, 0.25) is 0 Å². The van der Waals surface area contributed by atoms with Gasteiger partial charge in [-0.15, -0.1) is 0 Å². The second-order valence-corrected chi connectivity index (χ2v) is 3.87. The van der Waals surface area contributed by atoms with Gasteiger partial charge in [-0.3, -0.25) is 4.99 Å². The summed E-state index contributed by atoms with van der Waals surface area (Å²) in [5, 5.41) is 9.60. The first-order valence-electron chi connectivity index (χ1n) is 7.47. The first-order valence-corrected chi connectivity index (χ1v) is 7.47. The van der Waals surface area contributed by atoms with Gasteiger partial charge in [0.05, 0.1) is 0 Å². The number of hydrogen-bond donors (Lipinski definition) is 1. The average Bonchev–Trinajstić information content (AvgIpc) is 2.52. The molecule has 0 fully saturated rings. The molecule has 0 spiro atoms. The van der Waals surface area contributed by atoms with E-state index in [1.807, 2.05) is 71.0 Å². The number of allylic oxidation sites excluding steroid dienone is 2. The summed E-state index contributed by atoms with van der Waals surface area (Å²) >= 11 is 0. The van der Waals surface area contributed by atoms with Gasteiger partial charge in [-0.1, -0.05) is 58.0 Å². The van der Waals surface area contributed by atoms with E-state index in [9.17, 15) is 5.11 Å². The molecule has 2 nitrogen and oxygen atoms in total. The maximum Gasteiger partial charge on any atom is 0.136 e. The Bertz CT molecular complexity index is 470. The highest BCUT2D eigenvalue weighted by atomic mass is 16.3. The number of aliphatic imine (C=N–C) groups is 1. The Balaban J connectivity index is 0.000000829. The largest absolute Gasteiger partial charge is 0.506 e. The van der Waals surface area contributed by atoms with Crippen LogP contribution in [0.15, 0.2) is 52.9 Å². The minimum absolute atomic E-state index is 0.288. The molecule has 1 aliphatic carbocycles. The fourth-order valence-corrected chi connectivity index (χ4v) is 1.64. The van der Waals surface area contributed by atoms with Gasteiger partial charge in [-0.05, 0) is 37.0 Å². The van der Waals surface area contributed by atoms with E-state index in [2.05, 4.69) is 4.99 Å². The van der Waals surface area contributed by atoms with Crippen molar-refractivity contribution < 1.29 is 5.11 Å². The molecular formula is C18H27NO. The van der Waals surface area contributed by atoms with Crippen molar-refractivity contribution in [3.63, 3.8) is 0 Å². The zero-order valence-electron chi connectivity index (χ0n) is 13.4. The van der Waals surface area contributed by atoms with Gasteiger partial charge < -0.3 is 5.11 Å². The van der Waals surface area contributed by atoms with Gasteiger partial charge in [0.15, 0.2) is 0 Å². The Labute approximate surface area is 123 Å². The molecular weight excluding hydrogens is 246 g/mol. The maximum absolute atomic E-state index is 9.60. The second kappa shape index (κ2) is 11.0. The number of aliphatic hydroxyl groups excluding tert-OH is 1. The SMILES string of the molecule is CC.CC.Cc1ccccc1C=NC1=CCCC=C1O. The predicted octanol–water partition coefficient (Wildman–Crippen LogP) is 5.59. The first-order chi connectivity index (χ1) is 9.77. The van der Waals surface area contributed by atoms with Gasteiger partial charge in [-0.25, -0.2) is 0 Å². The Morgan fingerprint density at radius 2 is 1.60 bits per heavy atom. The third-order valence-electron chi connectivity index (χ3n) is 2.64. The monoisotopic (exact) mass is 273 g/mol. The molecule has 20 heavy (non-hydrogen) atoms. The normalized spacial score (nSPS) is 13.4. The summed E-state index contributed by atoms with van der Waals surface area (Å²) in [6, 6.07) is 8.05. The molecule has 2 rings (SSSR count). The lowest BCUT2D eigenvalue weighted by Crippen LogP contribution is -1.93. The quantitative estimate of drug-likeness (QED) is 0.700. The van der Waals surface area contributed by atoms with Crippen molar-refractivity contribution >= 4 is 6.21 Å². The maximum atomic E-state index is 9.60. The topological polar surface area (TPSA) is 32.6 Å². The average molecular weight is 273 g/mol. The summed E-state index contributed by atoms with van der Waals surface area (Å²) in [4.78, 5) is 4.31. The lowest BCUT2D eigenvalue weighted by molar-refractivity contribution is 0.416. The van der Waals surface area contributed by atoms with Gasteiger partial charge in [0.1, 0.15) is 11.5 Å². The van der Waals surface area contributed by atoms with Gasteiger partial charge >= 0.3 is 0 Å². The molecule has 0 aromatic heterocycles. The van der Waals surface area contributed by atoms with Crippen LogP contribution >= 0.6 is 0 Å². The molecule has 0 atom stereocenters. The molecule has 0 saturated heterocycles. The highest BCUT2D eigenvalue weighted by Gasteiger charge is 2.04. The third kappa shape index (κ3) is 5.87. The Morgan fingerprint density at radius 3 is 2.20 bits per heavy atom. The molecule has 1 aromatic carbocycles. The molecule has 0 saturated carbocycles. The van der Waals surface area contributed by atoms with Crippen molar-refractivity contribution in [3.05, 3.63) is 59.0 Å². The highest BCUT2D eigenvalue weighted by Crippen LogP contribution is 2.17. The van der Waals surface area contributed by atoms with E-state index in [0.717, 1.165) is 18.4 Å². The van der Waals surface area contributed by atoms with E-state index < -0.39 is 0 Å². The molecule has 0 heterocycles. The van der Waals surface area contributed by atoms with E-state index >= 15 is 0 Å². The summed E-state index contributed by atoms with van der Waals surface area (Å²) in [6.45, 7) is 10.0. The van der Waals surface area contributed by atoms with Crippen molar-refractivity contribution in [1.82, 2.24) is 0 Å². The summed E-state index contributed by atoms with van der Waals surface area (Å²) in [7, 11) is 0. The van der Waals surface area contributed by atoms with Crippen molar-refractivity contribution in [3.8, 4) is 0 Å². The number of nitrogens with zero attached hydrogens (tertiary/aromatic N) is 1. The number of aliphatic hydroxyl groups is 1. The summed E-state index contributed by atoms with van der Waals surface area (Å²) < 4.78 is 0. The number of hydrogen-bond acceptors (Lipinski definition) is 2. The molecule has 1 aliphatic rings. The molecule has 0 radical (unpaired) electrons. The van der Waals surface area contributed by atoms with Gasteiger partial charge in [0.25, 0.3) is 0 Å². The van der Waals surface area contributed by atoms with E-state index in [1.54, 1.807) is 6.21 Å². The van der Waals surface area contributed by atoms with E-state index in [0.29, 0.717) is 5.70 Å². The number of rotatable bonds is 2. The minimum Gasteiger partial charge on any atom is -0.506 e. The smallest absolute Gasteiger partial charge is 0.136 e. The lowest BCUT2D eigenvalue weighted by atomic mass is 10.1. The van der Waals surface area contributed by atoms with E-state index in [-0.39, 0.29) is 5.76 Å². The molecule has 110 valence electrons. The molecule has 0 unspecified atom stereocenters. The van der Waals surface area contributed by atoms with Crippen LogP contribution in [0.5, 0.6) is 0 Å².